The van der Waals surface area contributed by atoms with Gasteiger partial charge in [0.25, 0.3) is 0 Å². The van der Waals surface area contributed by atoms with Crippen molar-refractivity contribution in [1.29, 1.82) is 0 Å². The molecule has 1 aromatic carbocycles. The monoisotopic (exact) mass is 392 g/mol. The maximum Gasteiger partial charge on any atom is 0.0746 e. The average Bonchev–Trinajstić information content (AvgIpc) is 3.06. The molecule has 5 rings (SSSR count). The quantitative estimate of drug-likeness (QED) is 0.625. The second-order valence-corrected chi connectivity index (χ2v) is 9.49. The molecule has 3 atom stereocenters. The predicted octanol–water partition coefficient (Wildman–Crippen LogP) is 5.90. The number of rotatable bonds is 3. The molecule has 3 heteroatoms. The highest BCUT2D eigenvalue weighted by atomic mass is 35.5. The zero-order valence-corrected chi connectivity index (χ0v) is 17.9. The lowest BCUT2D eigenvalue weighted by atomic mass is 9.63. The number of benzene rings is 1. The number of halogens is 1. The maximum atomic E-state index is 6.57. The van der Waals surface area contributed by atoms with Crippen molar-refractivity contribution >= 4 is 17.3 Å². The SMILES string of the molecule is C/C1=N/C/C(Cl)=C\C2=C3CCC4=C2CC(C(C)C31C)N4CCc1ccccc1. The Labute approximate surface area is 173 Å². The van der Waals surface area contributed by atoms with Gasteiger partial charge in [-0.2, -0.15) is 0 Å². The summed E-state index contributed by atoms with van der Waals surface area (Å²) in [5.74, 6) is 0.539. The lowest BCUT2D eigenvalue weighted by molar-refractivity contribution is 0.149. The Morgan fingerprint density at radius 3 is 2.79 bits per heavy atom. The molecule has 5 bridgehead atoms. The molecule has 0 radical (unpaired) electrons. The van der Waals surface area contributed by atoms with E-state index >= 15 is 0 Å². The highest BCUT2D eigenvalue weighted by molar-refractivity contribution is 6.30. The lowest BCUT2D eigenvalue weighted by Gasteiger charge is -2.48. The van der Waals surface area contributed by atoms with Crippen LogP contribution in [0.4, 0.5) is 0 Å². The molecular formula is C25H29ClN2. The van der Waals surface area contributed by atoms with Crippen molar-refractivity contribution in [2.75, 3.05) is 13.1 Å². The normalized spacial score (nSPS) is 35.2. The maximum absolute atomic E-state index is 6.57. The Kier molecular flexibility index (Phi) is 4.32. The third kappa shape index (κ3) is 2.57. The number of likely N-dealkylation sites (tertiary alicyclic amines) is 1. The predicted molar refractivity (Wildman–Crippen MR) is 118 cm³/mol. The van der Waals surface area contributed by atoms with E-state index in [0.717, 1.165) is 30.8 Å². The minimum Gasteiger partial charge on any atom is -0.371 e. The summed E-state index contributed by atoms with van der Waals surface area (Å²) in [5.41, 5.74) is 8.91. The van der Waals surface area contributed by atoms with Gasteiger partial charge in [0, 0.05) is 34.4 Å². The molecule has 2 aliphatic carbocycles. The van der Waals surface area contributed by atoms with Crippen LogP contribution in [0.25, 0.3) is 0 Å². The van der Waals surface area contributed by atoms with E-state index in [2.05, 4.69) is 62.1 Å². The zero-order valence-electron chi connectivity index (χ0n) is 17.1. The van der Waals surface area contributed by atoms with Gasteiger partial charge in [0.1, 0.15) is 0 Å². The largest absolute Gasteiger partial charge is 0.371 e. The highest BCUT2D eigenvalue weighted by Crippen LogP contribution is 2.57. The molecule has 2 aliphatic heterocycles. The first-order valence-corrected chi connectivity index (χ1v) is 11.0. The summed E-state index contributed by atoms with van der Waals surface area (Å²) in [6.07, 6.45) is 6.81. The number of hydrogen-bond acceptors (Lipinski definition) is 2. The first kappa shape index (κ1) is 18.2. The molecule has 4 aliphatic rings. The molecule has 0 aromatic heterocycles. The number of nitrogens with zero attached hydrogens (tertiary/aromatic N) is 2. The van der Waals surface area contributed by atoms with Crippen LogP contribution in [0.5, 0.6) is 0 Å². The number of aliphatic imine (C=N–C) groups is 1. The number of hydrogen-bond donors (Lipinski definition) is 0. The Hall–Kier alpha value is -1.80. The van der Waals surface area contributed by atoms with Crippen molar-refractivity contribution in [3.63, 3.8) is 0 Å². The first-order valence-electron chi connectivity index (χ1n) is 10.6. The Morgan fingerprint density at radius 1 is 1.21 bits per heavy atom. The van der Waals surface area contributed by atoms with Crippen LogP contribution < -0.4 is 0 Å². The lowest BCUT2D eigenvalue weighted by Crippen LogP contribution is -2.48. The molecule has 0 saturated carbocycles. The van der Waals surface area contributed by atoms with E-state index in [0.29, 0.717) is 18.5 Å². The molecule has 0 amide bonds. The van der Waals surface area contributed by atoms with Crippen LogP contribution >= 0.6 is 11.6 Å². The highest BCUT2D eigenvalue weighted by Gasteiger charge is 2.52. The number of fused-ring (bicyclic) bond motifs is 1. The molecular weight excluding hydrogens is 364 g/mol. The van der Waals surface area contributed by atoms with Gasteiger partial charge in [-0.15, -0.1) is 0 Å². The molecule has 3 unspecified atom stereocenters. The second-order valence-electron chi connectivity index (χ2n) is 9.00. The molecule has 0 N–H and O–H groups in total. The summed E-state index contributed by atoms with van der Waals surface area (Å²) in [6, 6.07) is 11.5. The van der Waals surface area contributed by atoms with E-state index in [1.807, 2.05) is 0 Å². The van der Waals surface area contributed by atoms with E-state index in [4.69, 9.17) is 16.6 Å². The van der Waals surface area contributed by atoms with E-state index in [1.54, 1.807) is 16.8 Å². The topological polar surface area (TPSA) is 15.6 Å². The van der Waals surface area contributed by atoms with E-state index < -0.39 is 0 Å². The molecule has 28 heavy (non-hydrogen) atoms. The van der Waals surface area contributed by atoms with Gasteiger partial charge in [0.05, 0.1) is 6.54 Å². The first-order chi connectivity index (χ1) is 13.5. The summed E-state index contributed by atoms with van der Waals surface area (Å²) < 4.78 is 0. The molecule has 1 aromatic rings. The van der Waals surface area contributed by atoms with Crippen LogP contribution in [-0.4, -0.2) is 29.7 Å². The van der Waals surface area contributed by atoms with Gasteiger partial charge in [-0.05, 0) is 61.3 Å². The Morgan fingerprint density at radius 2 is 2.00 bits per heavy atom. The third-order valence-corrected chi connectivity index (χ3v) is 8.12. The Balaban J connectivity index is 1.60. The summed E-state index contributed by atoms with van der Waals surface area (Å²) in [7, 11) is 0. The van der Waals surface area contributed by atoms with Crippen molar-refractivity contribution in [2.45, 2.75) is 52.5 Å². The molecule has 2 heterocycles. The van der Waals surface area contributed by atoms with Gasteiger partial charge < -0.3 is 4.90 Å². The van der Waals surface area contributed by atoms with E-state index in [9.17, 15) is 0 Å². The van der Waals surface area contributed by atoms with Crippen LogP contribution in [0.15, 0.2) is 68.8 Å². The van der Waals surface area contributed by atoms with Crippen molar-refractivity contribution in [2.24, 2.45) is 16.3 Å². The fourth-order valence-electron chi connectivity index (χ4n) is 6.05. The molecule has 0 fully saturated rings. The fraction of sp³-hybridized carbons (Fsp3) is 0.480. The smallest absolute Gasteiger partial charge is 0.0746 e. The summed E-state index contributed by atoms with van der Waals surface area (Å²) in [6.45, 7) is 8.86. The van der Waals surface area contributed by atoms with Crippen LogP contribution in [0, 0.1) is 11.3 Å². The van der Waals surface area contributed by atoms with E-state index in [-0.39, 0.29) is 5.41 Å². The van der Waals surface area contributed by atoms with Crippen LogP contribution in [-0.2, 0) is 6.42 Å². The minimum atomic E-state index is 0.0345. The Bertz CT molecular complexity index is 937. The molecule has 0 saturated heterocycles. The van der Waals surface area contributed by atoms with Crippen molar-refractivity contribution in [1.82, 2.24) is 4.90 Å². The molecule has 0 spiro atoms. The van der Waals surface area contributed by atoms with Gasteiger partial charge in [0.15, 0.2) is 0 Å². The summed E-state index contributed by atoms with van der Waals surface area (Å²) in [4.78, 5) is 7.66. The van der Waals surface area contributed by atoms with Gasteiger partial charge in [0.2, 0.25) is 0 Å². The molecule has 146 valence electrons. The van der Waals surface area contributed by atoms with Gasteiger partial charge in [-0.1, -0.05) is 61.4 Å². The standard InChI is InChI=1S/C25H29ClN2/c1-16-24-14-21-20-13-19(26)15-27-17(2)25(16,3)22(20)9-10-23(21)28(24)12-11-18-7-5-4-6-8-18/h4-8,13,16,24H,9-12,14-15H2,1-3H3/b19-13+,27-17-. The van der Waals surface area contributed by atoms with Gasteiger partial charge in [-0.25, -0.2) is 0 Å². The summed E-state index contributed by atoms with van der Waals surface area (Å²) >= 11 is 6.57. The van der Waals surface area contributed by atoms with Gasteiger partial charge in [-0.3, -0.25) is 4.99 Å². The van der Waals surface area contributed by atoms with Crippen molar-refractivity contribution < 1.29 is 0 Å². The third-order valence-electron chi connectivity index (χ3n) is 7.89. The van der Waals surface area contributed by atoms with Crippen molar-refractivity contribution in [3.8, 4) is 0 Å². The van der Waals surface area contributed by atoms with Crippen LogP contribution in [0.1, 0.15) is 45.6 Å². The van der Waals surface area contributed by atoms with Crippen molar-refractivity contribution in [3.05, 3.63) is 69.4 Å². The number of allylic oxidation sites excluding steroid dienone is 4. The average molecular weight is 393 g/mol. The van der Waals surface area contributed by atoms with Gasteiger partial charge >= 0.3 is 0 Å². The summed E-state index contributed by atoms with van der Waals surface area (Å²) in [5, 5.41) is 0.872. The molecule has 2 nitrogen and oxygen atoms in total. The zero-order chi connectivity index (χ0) is 19.5. The second kappa shape index (κ2) is 6.62. The minimum absolute atomic E-state index is 0.0345. The van der Waals surface area contributed by atoms with Crippen LogP contribution in [0.3, 0.4) is 0 Å². The van der Waals surface area contributed by atoms with E-state index in [1.165, 1.54) is 23.3 Å². The van der Waals surface area contributed by atoms with Crippen LogP contribution in [0.2, 0.25) is 0 Å². The fourth-order valence-corrected chi connectivity index (χ4v) is 6.22.